The largest absolute Gasteiger partial charge is 0.279 e. The SMILES string of the molecule is O=S(=O)(Nc1ccccc1CBr)c1cc(Cl)c(Br)s1. The van der Waals surface area contributed by atoms with E-state index in [-0.39, 0.29) is 4.21 Å². The van der Waals surface area contributed by atoms with Gasteiger partial charge in [0.1, 0.15) is 4.21 Å². The molecule has 102 valence electrons. The summed E-state index contributed by atoms with van der Waals surface area (Å²) in [6, 6.07) is 8.63. The van der Waals surface area contributed by atoms with Crippen LogP contribution in [-0.4, -0.2) is 8.42 Å². The number of anilines is 1. The Morgan fingerprint density at radius 1 is 1.32 bits per heavy atom. The number of hydrogen-bond donors (Lipinski definition) is 1. The number of rotatable bonds is 4. The van der Waals surface area contributed by atoms with Crippen LogP contribution in [0.2, 0.25) is 5.02 Å². The predicted molar refractivity (Wildman–Crippen MR) is 86.9 cm³/mol. The Kier molecular flexibility index (Phi) is 4.94. The zero-order chi connectivity index (χ0) is 14.0. The van der Waals surface area contributed by atoms with Crippen LogP contribution in [0.4, 0.5) is 5.69 Å². The minimum absolute atomic E-state index is 0.175. The molecule has 0 saturated heterocycles. The molecule has 0 saturated carbocycles. The highest BCUT2D eigenvalue weighted by Gasteiger charge is 2.20. The van der Waals surface area contributed by atoms with Gasteiger partial charge in [0, 0.05) is 5.33 Å². The third kappa shape index (κ3) is 3.52. The Labute approximate surface area is 137 Å². The first-order chi connectivity index (χ1) is 8.94. The van der Waals surface area contributed by atoms with Gasteiger partial charge in [0.05, 0.1) is 14.5 Å². The van der Waals surface area contributed by atoms with Gasteiger partial charge in [-0.2, -0.15) is 0 Å². The van der Waals surface area contributed by atoms with E-state index in [9.17, 15) is 8.42 Å². The number of thiophene rings is 1. The van der Waals surface area contributed by atoms with E-state index < -0.39 is 10.0 Å². The van der Waals surface area contributed by atoms with Crippen molar-refractivity contribution in [3.8, 4) is 0 Å². The normalized spacial score (nSPS) is 11.5. The van der Waals surface area contributed by atoms with Crippen LogP contribution < -0.4 is 4.72 Å². The summed E-state index contributed by atoms with van der Waals surface area (Å²) >= 11 is 13.5. The van der Waals surface area contributed by atoms with Gasteiger partial charge >= 0.3 is 0 Å². The maximum atomic E-state index is 12.2. The van der Waals surface area contributed by atoms with E-state index in [1.165, 1.54) is 6.07 Å². The second-order valence-electron chi connectivity index (χ2n) is 3.58. The molecule has 0 radical (unpaired) electrons. The number of sulfonamides is 1. The van der Waals surface area contributed by atoms with Crippen molar-refractivity contribution in [2.24, 2.45) is 0 Å². The number of para-hydroxylation sites is 1. The molecule has 3 nitrogen and oxygen atoms in total. The monoisotopic (exact) mass is 443 g/mol. The molecular weight excluding hydrogens is 438 g/mol. The van der Waals surface area contributed by atoms with Crippen molar-refractivity contribution in [2.75, 3.05) is 4.72 Å². The Morgan fingerprint density at radius 2 is 2.00 bits per heavy atom. The quantitative estimate of drug-likeness (QED) is 0.683. The van der Waals surface area contributed by atoms with E-state index in [1.807, 2.05) is 12.1 Å². The van der Waals surface area contributed by atoms with Crippen LogP contribution in [0.25, 0.3) is 0 Å². The Bertz CT molecular complexity index is 681. The first-order valence-electron chi connectivity index (χ1n) is 5.05. The van der Waals surface area contributed by atoms with Gasteiger partial charge in [-0.25, -0.2) is 8.42 Å². The lowest BCUT2D eigenvalue weighted by Gasteiger charge is -2.09. The van der Waals surface area contributed by atoms with Gasteiger partial charge in [0.2, 0.25) is 0 Å². The fraction of sp³-hybridized carbons (Fsp3) is 0.0909. The molecule has 0 aliphatic rings. The van der Waals surface area contributed by atoms with Crippen molar-refractivity contribution < 1.29 is 8.42 Å². The molecule has 0 unspecified atom stereocenters. The molecule has 0 atom stereocenters. The second-order valence-corrected chi connectivity index (χ2v) is 8.83. The van der Waals surface area contributed by atoms with E-state index in [1.54, 1.807) is 12.1 Å². The van der Waals surface area contributed by atoms with Gasteiger partial charge < -0.3 is 0 Å². The summed E-state index contributed by atoms with van der Waals surface area (Å²) in [6.45, 7) is 0. The minimum atomic E-state index is -3.61. The first-order valence-corrected chi connectivity index (χ1v) is 9.65. The van der Waals surface area contributed by atoms with Crippen LogP contribution >= 0.6 is 54.8 Å². The zero-order valence-corrected chi connectivity index (χ0v) is 14.9. The molecule has 1 N–H and O–H groups in total. The summed E-state index contributed by atoms with van der Waals surface area (Å²) in [5.74, 6) is 0. The lowest BCUT2D eigenvalue weighted by atomic mass is 10.2. The molecule has 0 spiro atoms. The van der Waals surface area contributed by atoms with Crippen LogP contribution in [0.3, 0.4) is 0 Å². The highest BCUT2D eigenvalue weighted by Crippen LogP contribution is 2.35. The van der Waals surface area contributed by atoms with Crippen molar-refractivity contribution in [1.82, 2.24) is 0 Å². The summed E-state index contributed by atoms with van der Waals surface area (Å²) < 4.78 is 27.8. The average Bonchev–Trinajstić information content (AvgIpc) is 2.71. The second kappa shape index (κ2) is 6.13. The number of benzene rings is 1. The first kappa shape index (κ1) is 15.3. The maximum Gasteiger partial charge on any atom is 0.271 e. The summed E-state index contributed by atoms with van der Waals surface area (Å²) in [5.41, 5.74) is 1.42. The predicted octanol–water partition coefficient (Wildman–Crippen LogP) is 4.86. The Balaban J connectivity index is 2.36. The lowest BCUT2D eigenvalue weighted by molar-refractivity contribution is 0.603. The van der Waals surface area contributed by atoms with Crippen molar-refractivity contribution >= 4 is 70.5 Å². The number of halogens is 3. The Morgan fingerprint density at radius 3 is 2.58 bits per heavy atom. The third-order valence-corrected chi connectivity index (χ3v) is 7.21. The molecule has 19 heavy (non-hydrogen) atoms. The van der Waals surface area contributed by atoms with Crippen LogP contribution in [0, 0.1) is 0 Å². The van der Waals surface area contributed by atoms with Crippen molar-refractivity contribution in [2.45, 2.75) is 9.54 Å². The third-order valence-electron chi connectivity index (χ3n) is 2.29. The lowest BCUT2D eigenvalue weighted by Crippen LogP contribution is -2.12. The highest BCUT2D eigenvalue weighted by atomic mass is 79.9. The van der Waals surface area contributed by atoms with E-state index in [0.29, 0.717) is 19.8 Å². The van der Waals surface area contributed by atoms with E-state index in [4.69, 9.17) is 11.6 Å². The minimum Gasteiger partial charge on any atom is -0.279 e. The van der Waals surface area contributed by atoms with Gasteiger partial charge in [-0.05, 0) is 33.6 Å². The van der Waals surface area contributed by atoms with Crippen LogP contribution in [0.5, 0.6) is 0 Å². The topological polar surface area (TPSA) is 46.2 Å². The average molecular weight is 446 g/mol. The molecule has 0 fully saturated rings. The molecule has 0 bridgehead atoms. The van der Waals surface area contributed by atoms with E-state index in [0.717, 1.165) is 16.9 Å². The summed E-state index contributed by atoms with van der Waals surface area (Å²) in [7, 11) is -3.61. The van der Waals surface area contributed by atoms with Crippen molar-refractivity contribution in [3.63, 3.8) is 0 Å². The zero-order valence-electron chi connectivity index (χ0n) is 9.36. The van der Waals surface area contributed by atoms with Crippen LogP contribution in [0.1, 0.15) is 5.56 Å². The van der Waals surface area contributed by atoms with E-state index >= 15 is 0 Å². The van der Waals surface area contributed by atoms with Crippen molar-refractivity contribution in [3.05, 3.63) is 44.7 Å². The van der Waals surface area contributed by atoms with Gasteiger partial charge in [-0.1, -0.05) is 45.7 Å². The molecule has 1 aromatic carbocycles. The molecule has 2 rings (SSSR count). The van der Waals surface area contributed by atoms with Gasteiger partial charge in [0.15, 0.2) is 0 Å². The number of nitrogens with one attached hydrogen (secondary N) is 1. The molecule has 0 amide bonds. The molecule has 0 aliphatic heterocycles. The highest BCUT2D eigenvalue weighted by molar-refractivity contribution is 9.11. The standard InChI is InChI=1S/C11H8Br2ClNO2S2/c12-6-7-3-1-2-4-9(7)15-19(16,17)10-5-8(14)11(13)18-10/h1-5,15H,6H2. The number of alkyl halides is 1. The molecular formula is C11H8Br2ClNO2S2. The van der Waals surface area contributed by atoms with Crippen LogP contribution in [-0.2, 0) is 15.4 Å². The molecule has 1 heterocycles. The van der Waals surface area contributed by atoms with Crippen LogP contribution in [0.15, 0.2) is 38.3 Å². The summed E-state index contributed by atoms with van der Waals surface area (Å²) in [6.07, 6.45) is 0. The number of hydrogen-bond acceptors (Lipinski definition) is 3. The molecule has 8 heteroatoms. The Hall–Kier alpha value is -0.0800. The summed E-state index contributed by atoms with van der Waals surface area (Å²) in [5, 5.41) is 0.958. The van der Waals surface area contributed by atoms with Gasteiger partial charge in [-0.15, -0.1) is 11.3 Å². The van der Waals surface area contributed by atoms with E-state index in [2.05, 4.69) is 36.6 Å². The fourth-order valence-electron chi connectivity index (χ4n) is 1.39. The summed E-state index contributed by atoms with van der Waals surface area (Å²) in [4.78, 5) is 0. The maximum absolute atomic E-state index is 12.2. The van der Waals surface area contributed by atoms with Crippen molar-refractivity contribution in [1.29, 1.82) is 0 Å². The fourth-order valence-corrected chi connectivity index (χ4v) is 5.38. The van der Waals surface area contributed by atoms with Gasteiger partial charge in [0.25, 0.3) is 10.0 Å². The van der Waals surface area contributed by atoms with Gasteiger partial charge in [-0.3, -0.25) is 4.72 Å². The smallest absolute Gasteiger partial charge is 0.271 e. The molecule has 2 aromatic rings. The molecule has 0 aliphatic carbocycles. The molecule has 1 aromatic heterocycles.